The Labute approximate surface area is 200 Å². The van der Waals surface area contributed by atoms with Gasteiger partial charge in [0.15, 0.2) is 12.3 Å². The summed E-state index contributed by atoms with van der Waals surface area (Å²) < 4.78 is 18.6. The van der Waals surface area contributed by atoms with Crippen LogP contribution >= 0.6 is 0 Å². The van der Waals surface area contributed by atoms with Crippen molar-refractivity contribution in [2.75, 3.05) is 6.61 Å². The highest BCUT2D eigenvalue weighted by Gasteiger charge is 2.60. The first kappa shape index (κ1) is 23.9. The number of para-hydroxylation sites is 1. The number of carboxylic acid groups (broad SMARTS) is 1. The molecule has 2 amide bonds. The second-order valence-corrected chi connectivity index (χ2v) is 9.44. The number of carbonyl (C=O) groups excluding carboxylic acids is 2. The van der Waals surface area contributed by atoms with Gasteiger partial charge in [-0.3, -0.25) is 28.8 Å². The highest BCUT2D eigenvalue weighted by molar-refractivity contribution is 7.86. The lowest BCUT2D eigenvalue weighted by molar-refractivity contribution is -0.384. The molecule has 12 nitrogen and oxygen atoms in total. The van der Waals surface area contributed by atoms with Crippen LogP contribution < -0.4 is 10.1 Å². The Morgan fingerprint density at radius 3 is 2.40 bits per heavy atom. The van der Waals surface area contributed by atoms with E-state index in [9.17, 15) is 38.9 Å². The summed E-state index contributed by atoms with van der Waals surface area (Å²) in [6, 6.07) is 12.5. The molecule has 1 saturated heterocycles. The summed E-state index contributed by atoms with van der Waals surface area (Å²) in [5.41, 5.74) is -0.417. The SMILES string of the molecule is O=C(COc1ccccc1)N[C@@H]1C(=O)N2C(C(=O)O)=C(O)C(Cc3ccc([N+](=O)[O-])cc3)[S@@](=O)[C@H]12. The average Bonchev–Trinajstić information content (AvgIpc) is 2.84. The number of non-ortho nitro benzene ring substituents is 1. The highest BCUT2D eigenvalue weighted by Crippen LogP contribution is 2.38. The van der Waals surface area contributed by atoms with Crippen molar-refractivity contribution in [2.45, 2.75) is 23.1 Å². The number of hydrogen-bond acceptors (Lipinski definition) is 8. The molecule has 0 radical (unpaired) electrons. The van der Waals surface area contributed by atoms with Gasteiger partial charge in [-0.05, 0) is 24.1 Å². The number of aliphatic hydroxyl groups is 1. The minimum atomic E-state index is -2.01. The van der Waals surface area contributed by atoms with Crippen molar-refractivity contribution in [3.8, 4) is 5.75 Å². The molecular formula is C22H19N3O9S. The van der Waals surface area contributed by atoms with Crippen LogP contribution in [0.4, 0.5) is 5.69 Å². The predicted molar refractivity (Wildman–Crippen MR) is 121 cm³/mol. The number of ether oxygens (including phenoxy) is 1. The first-order valence-electron chi connectivity index (χ1n) is 10.3. The lowest BCUT2D eigenvalue weighted by Crippen LogP contribution is -2.74. The zero-order valence-electron chi connectivity index (χ0n) is 17.9. The molecule has 35 heavy (non-hydrogen) atoms. The molecule has 13 heteroatoms. The molecule has 4 rings (SSSR count). The standard InChI is InChI=1S/C22H19N3O9S/c26-16(11-34-14-4-2-1-3-5-14)23-17-20(28)24-18(22(29)30)19(27)15(35(33)21(17)24)10-12-6-8-13(9-7-12)25(31)32/h1-9,15,17,21,27H,10-11H2,(H,23,26)(H,29,30)/t15?,17-,21-,35-/m1/s1. The third-order valence-electron chi connectivity index (χ3n) is 5.55. The van der Waals surface area contributed by atoms with Gasteiger partial charge in [-0.2, -0.15) is 0 Å². The van der Waals surface area contributed by atoms with Crippen molar-refractivity contribution in [3.05, 3.63) is 81.7 Å². The summed E-state index contributed by atoms with van der Waals surface area (Å²) in [4.78, 5) is 47.8. The summed E-state index contributed by atoms with van der Waals surface area (Å²) in [5.74, 6) is -3.41. The molecular weight excluding hydrogens is 482 g/mol. The first-order valence-corrected chi connectivity index (χ1v) is 11.6. The van der Waals surface area contributed by atoms with E-state index in [1.54, 1.807) is 30.3 Å². The van der Waals surface area contributed by atoms with E-state index in [2.05, 4.69) is 5.32 Å². The molecule has 0 aliphatic carbocycles. The fraction of sp³-hybridized carbons (Fsp3) is 0.227. The minimum absolute atomic E-state index is 0.108. The van der Waals surface area contributed by atoms with Crippen LogP contribution in [0.3, 0.4) is 0 Å². The summed E-state index contributed by atoms with van der Waals surface area (Å²) in [6.45, 7) is -0.424. The summed E-state index contributed by atoms with van der Waals surface area (Å²) >= 11 is 0. The van der Waals surface area contributed by atoms with Crippen molar-refractivity contribution in [1.29, 1.82) is 0 Å². The van der Waals surface area contributed by atoms with E-state index >= 15 is 0 Å². The Bertz CT molecular complexity index is 1250. The number of β-lactam (4-membered cyclic amide) rings is 1. The molecule has 1 fully saturated rings. The second kappa shape index (κ2) is 9.54. The molecule has 2 aliphatic heterocycles. The molecule has 0 aromatic heterocycles. The molecule has 1 unspecified atom stereocenters. The number of nitrogens with one attached hydrogen (secondary N) is 1. The van der Waals surface area contributed by atoms with Crippen LogP contribution in [0.2, 0.25) is 0 Å². The van der Waals surface area contributed by atoms with Gasteiger partial charge in [0.2, 0.25) is 0 Å². The molecule has 182 valence electrons. The van der Waals surface area contributed by atoms with Gasteiger partial charge < -0.3 is 20.3 Å². The zero-order valence-corrected chi connectivity index (χ0v) is 18.7. The third-order valence-corrected chi connectivity index (χ3v) is 7.46. The van der Waals surface area contributed by atoms with Gasteiger partial charge in [0, 0.05) is 12.1 Å². The Hall–Kier alpha value is -4.26. The van der Waals surface area contributed by atoms with Crippen molar-refractivity contribution >= 4 is 34.3 Å². The first-order chi connectivity index (χ1) is 16.7. The fourth-order valence-electron chi connectivity index (χ4n) is 3.87. The maximum atomic E-state index is 13.3. The van der Waals surface area contributed by atoms with Crippen LogP contribution in [0.1, 0.15) is 5.56 Å². The predicted octanol–water partition coefficient (Wildman–Crippen LogP) is 0.854. The van der Waals surface area contributed by atoms with Gasteiger partial charge >= 0.3 is 5.97 Å². The quantitative estimate of drug-likeness (QED) is 0.269. The molecule has 2 aromatic carbocycles. The van der Waals surface area contributed by atoms with Gasteiger partial charge in [-0.1, -0.05) is 30.3 Å². The van der Waals surface area contributed by atoms with Gasteiger partial charge in [0.25, 0.3) is 17.5 Å². The van der Waals surface area contributed by atoms with Crippen LogP contribution in [-0.2, 0) is 31.6 Å². The number of nitro benzene ring substituents is 1. The summed E-state index contributed by atoms with van der Waals surface area (Å²) in [7, 11) is -2.01. The van der Waals surface area contributed by atoms with E-state index in [4.69, 9.17) is 4.74 Å². The van der Waals surface area contributed by atoms with E-state index < -0.39 is 68.2 Å². The number of nitrogens with zero attached hydrogens (tertiary/aromatic N) is 2. The number of aliphatic carboxylic acids is 1. The van der Waals surface area contributed by atoms with Gasteiger partial charge in [-0.25, -0.2) is 4.79 Å². The van der Waals surface area contributed by atoms with Crippen LogP contribution in [0.25, 0.3) is 0 Å². The number of fused-ring (bicyclic) bond motifs is 1. The van der Waals surface area contributed by atoms with E-state index in [0.29, 0.717) is 16.2 Å². The number of benzene rings is 2. The minimum Gasteiger partial charge on any atom is -0.509 e. The topological polar surface area (TPSA) is 176 Å². The fourth-order valence-corrected chi connectivity index (χ4v) is 5.76. The van der Waals surface area contributed by atoms with Crippen LogP contribution in [0.5, 0.6) is 5.75 Å². The molecule has 2 heterocycles. The number of hydrogen-bond donors (Lipinski definition) is 3. The van der Waals surface area contributed by atoms with Crippen LogP contribution in [0.15, 0.2) is 66.1 Å². The Kier molecular flexibility index (Phi) is 6.51. The van der Waals surface area contributed by atoms with Crippen LogP contribution in [0, 0.1) is 10.1 Å². The largest absolute Gasteiger partial charge is 0.509 e. The maximum Gasteiger partial charge on any atom is 0.356 e. The number of amides is 2. The van der Waals surface area contributed by atoms with Crippen molar-refractivity contribution in [2.24, 2.45) is 0 Å². The maximum absolute atomic E-state index is 13.3. The molecule has 2 aliphatic rings. The molecule has 0 bridgehead atoms. The van der Waals surface area contributed by atoms with E-state index in [1.165, 1.54) is 24.3 Å². The smallest absolute Gasteiger partial charge is 0.356 e. The van der Waals surface area contributed by atoms with Crippen LogP contribution in [-0.4, -0.2) is 65.3 Å². The van der Waals surface area contributed by atoms with Gasteiger partial charge in [-0.15, -0.1) is 0 Å². The number of rotatable bonds is 8. The monoisotopic (exact) mass is 501 g/mol. The van der Waals surface area contributed by atoms with Crippen molar-refractivity contribution < 1.29 is 38.5 Å². The average molecular weight is 501 g/mol. The molecule has 2 aromatic rings. The second-order valence-electron chi connectivity index (χ2n) is 7.73. The van der Waals surface area contributed by atoms with Gasteiger partial charge in [0.05, 0.1) is 15.7 Å². The number of carboxylic acids is 1. The van der Waals surface area contributed by atoms with Gasteiger partial charge in [0.1, 0.15) is 28.2 Å². The van der Waals surface area contributed by atoms with Crippen molar-refractivity contribution in [1.82, 2.24) is 10.2 Å². The number of aliphatic hydroxyl groups excluding tert-OH is 1. The Morgan fingerprint density at radius 2 is 1.80 bits per heavy atom. The molecule has 0 saturated carbocycles. The molecule has 3 N–H and O–H groups in total. The van der Waals surface area contributed by atoms with Crippen molar-refractivity contribution in [3.63, 3.8) is 0 Å². The Morgan fingerprint density at radius 1 is 1.14 bits per heavy atom. The third kappa shape index (κ3) is 4.57. The van der Waals surface area contributed by atoms with E-state index in [-0.39, 0.29) is 12.1 Å². The highest BCUT2D eigenvalue weighted by atomic mass is 32.2. The normalized spacial score (nSPS) is 23.2. The molecule has 4 atom stereocenters. The molecule has 0 spiro atoms. The van der Waals surface area contributed by atoms with E-state index in [0.717, 1.165) is 0 Å². The number of nitro groups is 1. The summed E-state index contributed by atoms with van der Waals surface area (Å²) in [6.07, 6.45) is -0.108. The number of carbonyl (C=O) groups is 3. The summed E-state index contributed by atoms with van der Waals surface area (Å²) in [5, 5.41) is 31.0. The Balaban J connectivity index is 1.53. The lowest BCUT2D eigenvalue weighted by atomic mass is 10.0. The lowest BCUT2D eigenvalue weighted by Gasteiger charge is -2.49. The van der Waals surface area contributed by atoms with E-state index in [1.807, 2.05) is 0 Å². The zero-order chi connectivity index (χ0) is 25.3.